The molecule has 1 atom stereocenters. The van der Waals surface area contributed by atoms with Crippen molar-refractivity contribution in [2.24, 2.45) is 0 Å². The van der Waals surface area contributed by atoms with Gasteiger partial charge < -0.3 is 4.57 Å². The number of hydrogen-bond donors (Lipinski definition) is 0. The summed E-state index contributed by atoms with van der Waals surface area (Å²) in [5, 5.41) is 0. The van der Waals surface area contributed by atoms with E-state index in [0.717, 1.165) is 28.8 Å². The summed E-state index contributed by atoms with van der Waals surface area (Å²) in [7, 11) is -3.33. The average Bonchev–Trinajstić information content (AvgIpc) is 3.27. The van der Waals surface area contributed by atoms with Crippen LogP contribution in [0.2, 0.25) is 0 Å². The molecule has 0 saturated carbocycles. The Bertz CT molecular complexity index is 1040. The number of sulfonamides is 1. The second-order valence-electron chi connectivity index (χ2n) is 7.38. The number of fused-ring (bicyclic) bond motifs is 1. The summed E-state index contributed by atoms with van der Waals surface area (Å²) >= 11 is 0. The van der Waals surface area contributed by atoms with E-state index >= 15 is 0 Å². The second-order valence-corrected chi connectivity index (χ2v) is 9.35. The van der Waals surface area contributed by atoms with Gasteiger partial charge in [-0.1, -0.05) is 30.3 Å². The first-order valence-corrected chi connectivity index (χ1v) is 10.9. The summed E-state index contributed by atoms with van der Waals surface area (Å²) < 4.78 is 29.5. The number of aromatic nitrogens is 3. The van der Waals surface area contributed by atoms with Gasteiger partial charge in [-0.2, -0.15) is 0 Å². The van der Waals surface area contributed by atoms with E-state index in [2.05, 4.69) is 23.4 Å². The summed E-state index contributed by atoms with van der Waals surface area (Å²) in [4.78, 5) is 9.05. The van der Waals surface area contributed by atoms with Gasteiger partial charge in [-0.15, -0.1) is 0 Å². The van der Waals surface area contributed by atoms with Gasteiger partial charge in [-0.3, -0.25) is 4.98 Å². The van der Waals surface area contributed by atoms with E-state index in [4.69, 9.17) is 4.98 Å². The molecule has 0 amide bonds. The highest BCUT2D eigenvalue weighted by Crippen LogP contribution is 2.33. The highest BCUT2D eigenvalue weighted by atomic mass is 32.2. The zero-order valence-corrected chi connectivity index (χ0v) is 16.4. The molecule has 1 aromatic carbocycles. The molecule has 7 heteroatoms. The number of rotatable bonds is 5. The Labute approximate surface area is 159 Å². The maximum Gasteiger partial charge on any atom is 0.218 e. The fraction of sp³-hybridized carbons (Fsp3) is 0.400. The van der Waals surface area contributed by atoms with E-state index in [1.807, 2.05) is 42.6 Å². The predicted octanol–water partition coefficient (Wildman–Crippen LogP) is 3.33. The Morgan fingerprint density at radius 3 is 2.70 bits per heavy atom. The average molecular weight is 385 g/mol. The van der Waals surface area contributed by atoms with Crippen LogP contribution in [0.25, 0.3) is 11.0 Å². The Hall–Kier alpha value is -2.25. The molecule has 3 heterocycles. The minimum Gasteiger partial charge on any atom is -0.324 e. The first kappa shape index (κ1) is 18.1. The Morgan fingerprint density at radius 1 is 1.19 bits per heavy atom. The van der Waals surface area contributed by atoms with Gasteiger partial charge >= 0.3 is 0 Å². The molecule has 0 bridgehead atoms. The summed E-state index contributed by atoms with van der Waals surface area (Å²) in [6.07, 6.45) is 4.37. The summed E-state index contributed by atoms with van der Waals surface area (Å²) in [6, 6.07) is 11.5. The van der Waals surface area contributed by atoms with Crippen LogP contribution in [0.1, 0.15) is 43.6 Å². The summed E-state index contributed by atoms with van der Waals surface area (Å²) in [6.45, 7) is 5.27. The van der Waals surface area contributed by atoms with E-state index in [-0.39, 0.29) is 17.7 Å². The van der Waals surface area contributed by atoms with Gasteiger partial charge in [0.1, 0.15) is 5.82 Å². The molecular weight excluding hydrogens is 360 g/mol. The molecule has 1 fully saturated rings. The zero-order valence-electron chi connectivity index (χ0n) is 15.6. The van der Waals surface area contributed by atoms with Crippen LogP contribution in [0.5, 0.6) is 0 Å². The van der Waals surface area contributed by atoms with Gasteiger partial charge in [0.2, 0.25) is 10.0 Å². The lowest BCUT2D eigenvalue weighted by Gasteiger charge is -2.18. The van der Waals surface area contributed by atoms with Crippen molar-refractivity contribution in [1.29, 1.82) is 0 Å². The Balaban J connectivity index is 1.60. The molecule has 3 aromatic rings. The van der Waals surface area contributed by atoms with Crippen LogP contribution in [-0.4, -0.2) is 40.3 Å². The van der Waals surface area contributed by atoms with Crippen molar-refractivity contribution < 1.29 is 8.42 Å². The van der Waals surface area contributed by atoms with E-state index in [1.165, 1.54) is 0 Å². The highest BCUT2D eigenvalue weighted by Gasteiger charge is 2.35. The molecule has 6 nitrogen and oxygen atoms in total. The number of pyridine rings is 1. The molecule has 0 aliphatic carbocycles. The molecule has 1 aliphatic heterocycles. The van der Waals surface area contributed by atoms with E-state index in [9.17, 15) is 8.42 Å². The van der Waals surface area contributed by atoms with Gasteiger partial charge in [-0.05, 0) is 31.9 Å². The lowest BCUT2D eigenvalue weighted by Crippen LogP contribution is -2.30. The van der Waals surface area contributed by atoms with Crippen molar-refractivity contribution in [3.8, 4) is 0 Å². The van der Waals surface area contributed by atoms with Crippen molar-refractivity contribution in [3.05, 3.63) is 60.2 Å². The van der Waals surface area contributed by atoms with E-state index in [0.29, 0.717) is 13.1 Å². The van der Waals surface area contributed by atoms with E-state index in [1.54, 1.807) is 10.5 Å². The second kappa shape index (κ2) is 7.05. The van der Waals surface area contributed by atoms with Crippen LogP contribution in [0.4, 0.5) is 0 Å². The Kier molecular flexibility index (Phi) is 4.74. The lowest BCUT2D eigenvalue weighted by atomic mass is 10.1. The predicted molar refractivity (Wildman–Crippen MR) is 106 cm³/mol. The molecule has 1 unspecified atom stereocenters. The van der Waals surface area contributed by atoms with E-state index < -0.39 is 10.0 Å². The zero-order chi connectivity index (χ0) is 19.0. The van der Waals surface area contributed by atoms with Crippen LogP contribution in [0.3, 0.4) is 0 Å². The van der Waals surface area contributed by atoms with Crippen molar-refractivity contribution in [3.63, 3.8) is 0 Å². The highest BCUT2D eigenvalue weighted by molar-refractivity contribution is 7.88. The normalized spacial score (nSPS) is 18.6. The SMILES string of the molecule is CC(C)n1c(C2CCN(S(=O)(=O)Cc3ccccc3)C2)nc2ccncc21. The summed E-state index contributed by atoms with van der Waals surface area (Å²) in [5.41, 5.74) is 2.74. The van der Waals surface area contributed by atoms with Crippen LogP contribution in [0.15, 0.2) is 48.8 Å². The monoisotopic (exact) mass is 384 g/mol. The minimum absolute atomic E-state index is 0.0467. The molecule has 27 heavy (non-hydrogen) atoms. The third kappa shape index (κ3) is 3.49. The lowest BCUT2D eigenvalue weighted by molar-refractivity contribution is 0.466. The number of imidazole rings is 1. The number of nitrogens with zero attached hydrogens (tertiary/aromatic N) is 4. The van der Waals surface area contributed by atoms with Gasteiger partial charge in [0.25, 0.3) is 0 Å². The smallest absolute Gasteiger partial charge is 0.218 e. The fourth-order valence-corrected chi connectivity index (χ4v) is 5.44. The van der Waals surface area contributed by atoms with Gasteiger partial charge in [0.15, 0.2) is 0 Å². The molecule has 2 aromatic heterocycles. The van der Waals surface area contributed by atoms with Gasteiger partial charge in [-0.25, -0.2) is 17.7 Å². The van der Waals surface area contributed by atoms with Crippen LogP contribution in [-0.2, 0) is 15.8 Å². The third-order valence-electron chi connectivity index (χ3n) is 5.14. The largest absolute Gasteiger partial charge is 0.324 e. The van der Waals surface area contributed by atoms with Crippen molar-refractivity contribution >= 4 is 21.1 Å². The van der Waals surface area contributed by atoms with Crippen molar-refractivity contribution in [2.45, 2.75) is 38.0 Å². The van der Waals surface area contributed by atoms with Crippen molar-refractivity contribution in [2.75, 3.05) is 13.1 Å². The van der Waals surface area contributed by atoms with Crippen LogP contribution in [0, 0.1) is 0 Å². The van der Waals surface area contributed by atoms with Gasteiger partial charge in [0.05, 0.1) is 23.0 Å². The molecule has 0 radical (unpaired) electrons. The topological polar surface area (TPSA) is 68.1 Å². The first-order valence-electron chi connectivity index (χ1n) is 9.29. The molecule has 1 saturated heterocycles. The van der Waals surface area contributed by atoms with Crippen LogP contribution >= 0.6 is 0 Å². The fourth-order valence-electron chi connectivity index (χ4n) is 3.86. The van der Waals surface area contributed by atoms with Crippen LogP contribution < -0.4 is 0 Å². The first-order chi connectivity index (χ1) is 13.0. The molecule has 0 spiro atoms. The molecular formula is C20H24N4O2S. The maximum atomic E-state index is 12.9. The third-order valence-corrected chi connectivity index (χ3v) is 6.95. The minimum atomic E-state index is -3.33. The molecule has 0 N–H and O–H groups in total. The van der Waals surface area contributed by atoms with Crippen molar-refractivity contribution in [1.82, 2.24) is 18.8 Å². The number of benzene rings is 1. The molecule has 1 aliphatic rings. The van der Waals surface area contributed by atoms with Gasteiger partial charge in [0, 0.05) is 31.2 Å². The maximum absolute atomic E-state index is 12.9. The molecule has 4 rings (SSSR count). The number of hydrogen-bond acceptors (Lipinski definition) is 4. The Morgan fingerprint density at radius 2 is 1.96 bits per heavy atom. The standard InChI is InChI=1S/C20H24N4O2S/c1-15(2)24-19-12-21-10-8-18(19)22-20(24)17-9-11-23(13-17)27(25,26)14-16-6-4-3-5-7-16/h3-8,10,12,15,17H,9,11,13-14H2,1-2H3. The quantitative estimate of drug-likeness (QED) is 0.677. The molecule has 142 valence electrons. The summed E-state index contributed by atoms with van der Waals surface area (Å²) in [5.74, 6) is 1.11.